The summed E-state index contributed by atoms with van der Waals surface area (Å²) in [7, 11) is 0. The van der Waals surface area contributed by atoms with Crippen molar-refractivity contribution in [1.29, 1.82) is 0 Å². The number of aryl methyl sites for hydroxylation is 1. The number of benzene rings is 9. The molecule has 0 radical (unpaired) electrons. The normalized spacial score (nSPS) is 14.9. The Labute approximate surface area is 451 Å². The molecule has 0 aliphatic carbocycles. The van der Waals surface area contributed by atoms with Crippen molar-refractivity contribution in [3.63, 3.8) is 0 Å². The van der Waals surface area contributed by atoms with Gasteiger partial charge in [0.2, 0.25) is 0 Å². The molecular formula is C69H56N4O. The van der Waals surface area contributed by atoms with Crippen molar-refractivity contribution in [1.82, 2.24) is 14.1 Å². The Morgan fingerprint density at radius 2 is 1.18 bits per heavy atom. The summed E-state index contributed by atoms with van der Waals surface area (Å²) in [4.78, 5) is 4.76. The highest BCUT2D eigenvalue weighted by Crippen LogP contribution is 2.48. The zero-order valence-electron chi connectivity index (χ0n) is 54.6. The number of para-hydroxylation sites is 1. The van der Waals surface area contributed by atoms with Crippen LogP contribution in [0.5, 0.6) is 11.5 Å². The lowest BCUT2D eigenvalue weighted by atomic mass is 9.77. The van der Waals surface area contributed by atoms with Gasteiger partial charge in [0.15, 0.2) is 0 Å². The molecule has 1 aliphatic rings. The molecule has 13 rings (SSSR count). The zero-order chi connectivity index (χ0) is 61.7. The van der Waals surface area contributed by atoms with Crippen LogP contribution >= 0.6 is 0 Å². The largest absolute Gasteiger partial charge is 0.458 e. The van der Waals surface area contributed by atoms with E-state index in [1.807, 2.05) is 106 Å². The predicted molar refractivity (Wildman–Crippen MR) is 305 cm³/mol. The lowest BCUT2D eigenvalue weighted by molar-refractivity contribution is -0.572. The second-order valence-corrected chi connectivity index (χ2v) is 20.9. The molecule has 0 saturated carbocycles. The first-order valence-electron chi connectivity index (χ1n) is 31.1. The van der Waals surface area contributed by atoms with E-state index in [2.05, 4.69) is 94.9 Å². The van der Waals surface area contributed by atoms with Crippen LogP contribution in [0.3, 0.4) is 0 Å². The van der Waals surface area contributed by atoms with Crippen molar-refractivity contribution in [2.45, 2.75) is 59.2 Å². The highest BCUT2D eigenvalue weighted by atomic mass is 16.5. The SMILES string of the molecule is [2H]c1c([2H])c([2H])c(-c2cc3c4c(c2)n(-c2cccc(Oc5ccc6c7ccccc7n(-c7cc(C([2H])([2H])[2H])c(-c8c([2H])c([2H])c([2H])c([2H])c8[2H])cn7)c6c5)c2)[c-][n+]4-c2c(cc(C(C)(C)C)cc2C(C)(C)C)-c2ccccc2-c2ccccc2-3)c([2H])c1[2H]. The van der Waals surface area contributed by atoms with Gasteiger partial charge in [-0.3, -0.25) is 13.7 Å². The smallest absolute Gasteiger partial charge is 0.269 e. The zero-order valence-corrected chi connectivity index (χ0v) is 41.6. The standard InChI is InChI=1S/C69H56N4O/c1-44-35-65(70-42-60(44)46-23-12-9-13-24-46)73-62-32-19-18-31-56(62)57-34-33-51(41-63(57)73)74-50-26-20-25-49(40-50)71-43-72-66-59(38-48(68(2,3)4)39-61(66)69(5,6)7)55-30-17-15-28-53(55)52-27-14-16-29-54(52)58-36-47(37-64(71)67(58)72)45-21-10-8-11-22-45/h8-42H,1-7H3/i1D3,8D,9D,10D,11D,12D,13D,21D,22D,23D,24D. The number of ether oxygens (including phenoxy) is 1. The Balaban J connectivity index is 1.04. The van der Waals surface area contributed by atoms with Crippen LogP contribution in [0.2, 0.25) is 0 Å². The fourth-order valence-electron chi connectivity index (χ4n) is 10.6. The van der Waals surface area contributed by atoms with Crippen LogP contribution in [0.25, 0.3) is 106 Å². The van der Waals surface area contributed by atoms with Crippen LogP contribution in [-0.4, -0.2) is 14.1 Å². The topological polar surface area (TPSA) is 35.9 Å². The third kappa shape index (κ3) is 7.53. The molecule has 3 aromatic heterocycles. The average Bonchev–Trinajstić information content (AvgIpc) is 1.63. The summed E-state index contributed by atoms with van der Waals surface area (Å²) in [5, 5.41) is 1.65. The number of nitrogens with zero attached hydrogens (tertiary/aromatic N) is 4. The van der Waals surface area contributed by atoms with E-state index in [0.29, 0.717) is 39.3 Å². The van der Waals surface area contributed by atoms with Crippen LogP contribution in [0.1, 0.15) is 76.1 Å². The summed E-state index contributed by atoms with van der Waals surface area (Å²) in [6, 6.07) is 42.3. The molecule has 0 saturated heterocycles. The van der Waals surface area contributed by atoms with Gasteiger partial charge in [-0.05, 0) is 133 Å². The van der Waals surface area contributed by atoms with Crippen LogP contribution in [-0.2, 0) is 10.8 Å². The van der Waals surface area contributed by atoms with Gasteiger partial charge in [-0.2, -0.15) is 0 Å². The number of rotatable bonds is 6. The van der Waals surface area contributed by atoms with E-state index in [0.717, 1.165) is 66.5 Å². The lowest BCUT2D eigenvalue weighted by Gasteiger charge is -2.30. The Kier molecular flexibility index (Phi) is 7.66. The maximum atomic E-state index is 9.29. The summed E-state index contributed by atoms with van der Waals surface area (Å²) in [5.74, 6) is 1.08. The molecule has 0 atom stereocenters. The van der Waals surface area contributed by atoms with E-state index in [4.69, 9.17) is 24.8 Å². The van der Waals surface area contributed by atoms with Gasteiger partial charge in [-0.1, -0.05) is 193 Å². The summed E-state index contributed by atoms with van der Waals surface area (Å²) in [5.41, 5.74) is 11.3. The molecule has 4 heterocycles. The fraction of sp³-hybridized carbons (Fsp3) is 0.130. The molecule has 0 amide bonds. The van der Waals surface area contributed by atoms with Crippen LogP contribution in [0.15, 0.2) is 212 Å². The average molecular weight is 970 g/mol. The molecule has 12 aromatic rings. The first-order chi connectivity index (χ1) is 41.2. The highest BCUT2D eigenvalue weighted by Gasteiger charge is 2.32. The summed E-state index contributed by atoms with van der Waals surface area (Å²) >= 11 is 0. The second kappa shape index (κ2) is 17.2. The maximum Gasteiger partial charge on any atom is 0.269 e. The Bertz CT molecular complexity index is 4870. The number of hydrogen-bond acceptors (Lipinski definition) is 2. The van der Waals surface area contributed by atoms with Gasteiger partial charge in [-0.15, -0.1) is 0 Å². The minimum atomic E-state index is -2.79. The molecule has 0 unspecified atom stereocenters. The van der Waals surface area contributed by atoms with Crippen LogP contribution in [0.4, 0.5) is 0 Å². The van der Waals surface area contributed by atoms with Crippen LogP contribution in [0, 0.1) is 13.2 Å². The summed E-state index contributed by atoms with van der Waals surface area (Å²) in [6.07, 6.45) is 5.11. The molecule has 1 aliphatic heterocycles. The first kappa shape index (κ1) is 33.0. The quantitative estimate of drug-likeness (QED) is 0.123. The molecule has 0 bridgehead atoms. The van der Waals surface area contributed by atoms with E-state index < -0.39 is 60.6 Å². The van der Waals surface area contributed by atoms with E-state index >= 15 is 0 Å². The van der Waals surface area contributed by atoms with Gasteiger partial charge in [0.1, 0.15) is 17.3 Å². The Morgan fingerprint density at radius 1 is 0.527 bits per heavy atom. The van der Waals surface area contributed by atoms with Crippen LogP contribution < -0.4 is 9.30 Å². The number of fused-ring (bicyclic) bond motifs is 10. The van der Waals surface area contributed by atoms with Gasteiger partial charge < -0.3 is 4.74 Å². The van der Waals surface area contributed by atoms with Crippen molar-refractivity contribution >= 4 is 32.8 Å². The van der Waals surface area contributed by atoms with E-state index in [9.17, 15) is 2.74 Å². The van der Waals surface area contributed by atoms with Crippen molar-refractivity contribution in [3.05, 3.63) is 235 Å². The van der Waals surface area contributed by atoms with Gasteiger partial charge in [0.05, 0.1) is 47.1 Å². The van der Waals surface area contributed by atoms with E-state index in [1.54, 1.807) is 0 Å². The molecule has 0 fully saturated rings. The van der Waals surface area contributed by atoms with E-state index in [1.165, 1.54) is 12.3 Å². The molecule has 0 spiro atoms. The minimum absolute atomic E-state index is 0.0569. The van der Waals surface area contributed by atoms with Gasteiger partial charge in [-0.25, -0.2) is 4.98 Å². The van der Waals surface area contributed by atoms with Crippen molar-refractivity contribution in [2.24, 2.45) is 0 Å². The summed E-state index contributed by atoms with van der Waals surface area (Å²) in [6.45, 7) is 10.5. The highest BCUT2D eigenvalue weighted by molar-refractivity contribution is 6.09. The predicted octanol–water partition coefficient (Wildman–Crippen LogP) is 17.5. The number of imidazole rings is 1. The second-order valence-electron chi connectivity index (χ2n) is 20.9. The minimum Gasteiger partial charge on any atom is -0.458 e. The molecule has 5 nitrogen and oxygen atoms in total. The number of pyridine rings is 1. The van der Waals surface area contributed by atoms with Gasteiger partial charge >= 0.3 is 0 Å². The third-order valence-corrected chi connectivity index (χ3v) is 14.1. The molecule has 9 aromatic carbocycles. The molecule has 5 heteroatoms. The number of hydrogen-bond donors (Lipinski definition) is 0. The van der Waals surface area contributed by atoms with Crippen molar-refractivity contribution in [2.75, 3.05) is 0 Å². The van der Waals surface area contributed by atoms with E-state index in [-0.39, 0.29) is 45.6 Å². The van der Waals surface area contributed by atoms with Crippen molar-refractivity contribution < 1.29 is 27.1 Å². The monoisotopic (exact) mass is 970 g/mol. The van der Waals surface area contributed by atoms with Crippen molar-refractivity contribution in [3.8, 4) is 84.3 Å². The Morgan fingerprint density at radius 3 is 1.88 bits per heavy atom. The molecule has 0 N–H and O–H groups in total. The Hall–Kier alpha value is -8.80. The first-order valence-corrected chi connectivity index (χ1v) is 24.6. The lowest BCUT2D eigenvalue weighted by Crippen LogP contribution is -2.35. The van der Waals surface area contributed by atoms with Gasteiger partial charge in [0, 0.05) is 32.7 Å². The molecule has 74 heavy (non-hydrogen) atoms. The number of aromatic nitrogens is 4. The molecular weight excluding hydrogens is 901 g/mol. The maximum absolute atomic E-state index is 9.29. The van der Waals surface area contributed by atoms with Gasteiger partial charge in [0.25, 0.3) is 6.33 Å². The molecule has 358 valence electrons. The fourth-order valence-corrected chi connectivity index (χ4v) is 10.6. The summed E-state index contributed by atoms with van der Waals surface area (Å²) < 4.78 is 126. The third-order valence-electron chi connectivity index (χ3n) is 14.1.